The number of carbonyl (C=O) groups excluding carboxylic acids is 4. The Morgan fingerprint density at radius 3 is 1.91 bits per heavy atom. The predicted octanol–water partition coefficient (Wildman–Crippen LogP) is 8.96. The number of likely N-dealkylation sites (tertiary alicyclic amines) is 2. The number of alkyl carbamates (subject to hydrolysis) is 2. The minimum absolute atomic E-state index is 0. The monoisotopic (exact) mass is 799 g/mol. The smallest absolute Gasteiger partial charge is 0.407 e. The van der Waals surface area contributed by atoms with Gasteiger partial charge in [-0.05, 0) is 95.5 Å². The average Bonchev–Trinajstić information content (AvgIpc) is 4.07. The zero-order chi connectivity index (χ0) is 40.5. The van der Waals surface area contributed by atoms with Gasteiger partial charge in [0.25, 0.3) is 0 Å². The fraction of sp³-hybridized carbons (Fsp3) is 0.457. The number of benzene rings is 3. The fourth-order valence-electron chi connectivity index (χ4n) is 6.44. The second-order valence-electron chi connectivity index (χ2n) is 14.7. The lowest BCUT2D eigenvalue weighted by Gasteiger charge is -2.26. The number of nitrogens with one attached hydrogen (secondary N) is 3. The van der Waals surface area contributed by atoms with Crippen LogP contribution in [0.25, 0.3) is 39.4 Å². The molecule has 2 saturated heterocycles. The normalized spacial score (nSPS) is 13.9. The van der Waals surface area contributed by atoms with Gasteiger partial charge in [-0.1, -0.05) is 97.2 Å². The van der Waals surface area contributed by atoms with Gasteiger partial charge in [0.2, 0.25) is 12.3 Å². The maximum absolute atomic E-state index is 12.1. The second-order valence-corrected chi connectivity index (χ2v) is 14.7. The zero-order valence-electron chi connectivity index (χ0n) is 33.7. The minimum atomic E-state index is -0.550. The van der Waals surface area contributed by atoms with E-state index in [0.717, 1.165) is 62.9 Å². The number of amides is 4. The molecule has 0 bridgehead atoms. The molecule has 7 rings (SSSR count). The molecule has 1 atom stereocenters. The first kappa shape index (κ1) is 48.5. The molecule has 58 heavy (non-hydrogen) atoms. The number of methoxy groups -OCH3 is 2. The Morgan fingerprint density at radius 1 is 0.793 bits per heavy atom. The van der Waals surface area contributed by atoms with Gasteiger partial charge in [0.1, 0.15) is 6.04 Å². The number of fused-ring (bicyclic) bond motifs is 2. The number of hydrogen-bond donors (Lipinski definition) is 3. The second kappa shape index (κ2) is 24.9. The number of allylic oxidation sites excluding steroid dienone is 1. The number of ether oxygens (including phenoxy) is 2. The SMILES string of the molecule is C.C.C1=Cc2cc(-c3ccc(-c4ccc5nc[nH]c5c4)cc3)ccc2C1.COC(=O)NC(C(=O)N1CCCC1)C(C)C.COC(=O)NCC(C)C.O=CN1CCCC1. The molecule has 12 heteroatoms. The largest absolute Gasteiger partial charge is 0.453 e. The first-order valence-electron chi connectivity index (χ1n) is 19.5. The quantitative estimate of drug-likeness (QED) is 0.151. The van der Waals surface area contributed by atoms with E-state index >= 15 is 0 Å². The lowest BCUT2D eigenvalue weighted by Crippen LogP contribution is -2.50. The van der Waals surface area contributed by atoms with E-state index in [1.54, 1.807) is 16.1 Å². The molecule has 0 saturated carbocycles. The van der Waals surface area contributed by atoms with Crippen LogP contribution in [0.2, 0.25) is 0 Å². The summed E-state index contributed by atoms with van der Waals surface area (Å²) in [7, 11) is 2.66. The summed E-state index contributed by atoms with van der Waals surface area (Å²) in [4.78, 5) is 54.6. The van der Waals surface area contributed by atoms with Crippen molar-refractivity contribution in [1.82, 2.24) is 30.4 Å². The highest BCUT2D eigenvalue weighted by Crippen LogP contribution is 2.29. The molecule has 3 N–H and O–H groups in total. The molecule has 0 spiro atoms. The van der Waals surface area contributed by atoms with Gasteiger partial charge in [-0.2, -0.15) is 0 Å². The van der Waals surface area contributed by atoms with Crippen LogP contribution >= 0.6 is 0 Å². The van der Waals surface area contributed by atoms with E-state index in [0.29, 0.717) is 12.5 Å². The Kier molecular flexibility index (Phi) is 20.8. The van der Waals surface area contributed by atoms with E-state index in [2.05, 4.69) is 103 Å². The van der Waals surface area contributed by atoms with Gasteiger partial charge in [0.05, 0.1) is 31.6 Å². The third kappa shape index (κ3) is 14.7. The van der Waals surface area contributed by atoms with Crippen LogP contribution in [0.4, 0.5) is 9.59 Å². The number of rotatable bonds is 8. The van der Waals surface area contributed by atoms with E-state index in [1.807, 2.05) is 27.7 Å². The number of aromatic amines is 1. The van der Waals surface area contributed by atoms with Crippen LogP contribution in [0.1, 0.15) is 79.4 Å². The summed E-state index contributed by atoms with van der Waals surface area (Å²) in [6.07, 6.45) is 11.7. The summed E-state index contributed by atoms with van der Waals surface area (Å²) >= 11 is 0. The molecule has 3 aromatic carbocycles. The lowest BCUT2D eigenvalue weighted by atomic mass is 9.98. The molecule has 1 unspecified atom stereocenters. The molecule has 1 aromatic heterocycles. The van der Waals surface area contributed by atoms with Crippen LogP contribution < -0.4 is 10.6 Å². The van der Waals surface area contributed by atoms with Gasteiger partial charge in [0.15, 0.2) is 0 Å². The van der Waals surface area contributed by atoms with Crippen molar-refractivity contribution in [2.24, 2.45) is 11.8 Å². The maximum atomic E-state index is 12.1. The van der Waals surface area contributed by atoms with Crippen molar-refractivity contribution in [2.75, 3.05) is 46.9 Å². The molecule has 12 nitrogen and oxygen atoms in total. The van der Waals surface area contributed by atoms with Gasteiger partial charge in [0, 0.05) is 32.7 Å². The summed E-state index contributed by atoms with van der Waals surface area (Å²) in [5.41, 5.74) is 9.79. The van der Waals surface area contributed by atoms with Crippen molar-refractivity contribution in [3.05, 3.63) is 84.2 Å². The molecule has 3 heterocycles. The molecule has 0 radical (unpaired) electrons. The Balaban J connectivity index is 0.000000296. The molecular weight excluding hydrogens is 733 g/mol. The predicted molar refractivity (Wildman–Crippen MR) is 235 cm³/mol. The molecular formula is C46H66N6O6. The van der Waals surface area contributed by atoms with E-state index in [-0.39, 0.29) is 32.8 Å². The van der Waals surface area contributed by atoms with Gasteiger partial charge in [-0.3, -0.25) is 9.59 Å². The average molecular weight is 799 g/mol. The number of carbonyl (C=O) groups is 4. The Bertz CT molecular complexity index is 1890. The van der Waals surface area contributed by atoms with Crippen LogP contribution in [-0.2, 0) is 25.5 Å². The molecule has 2 aliphatic heterocycles. The Labute approximate surface area is 345 Å². The highest BCUT2D eigenvalue weighted by Gasteiger charge is 2.30. The highest BCUT2D eigenvalue weighted by atomic mass is 16.5. The molecule has 3 aliphatic rings. The first-order valence-corrected chi connectivity index (χ1v) is 19.5. The number of nitrogens with zero attached hydrogens (tertiary/aromatic N) is 3. The van der Waals surface area contributed by atoms with Gasteiger partial charge in [-0.25, -0.2) is 14.6 Å². The fourth-order valence-corrected chi connectivity index (χ4v) is 6.44. The maximum Gasteiger partial charge on any atom is 0.407 e. The summed E-state index contributed by atoms with van der Waals surface area (Å²) in [5.74, 6) is 0.536. The third-order valence-corrected chi connectivity index (χ3v) is 9.69. The summed E-state index contributed by atoms with van der Waals surface area (Å²) in [5, 5.41) is 5.16. The van der Waals surface area contributed by atoms with Gasteiger partial charge >= 0.3 is 12.2 Å². The Hall–Kier alpha value is -5.65. The number of H-pyrrole nitrogens is 1. The first-order chi connectivity index (χ1) is 27.0. The lowest BCUT2D eigenvalue weighted by molar-refractivity contribution is -0.133. The van der Waals surface area contributed by atoms with E-state index in [1.165, 1.54) is 60.4 Å². The number of hydrogen-bond acceptors (Lipinski definition) is 7. The van der Waals surface area contributed by atoms with Crippen LogP contribution in [0.5, 0.6) is 0 Å². The van der Waals surface area contributed by atoms with Crippen LogP contribution in [0, 0.1) is 11.8 Å². The standard InChI is InChI=1S/C22H16N2.C11H20N2O3.C6H13NO2.C5H9NO.2CH4/c1-2-15-8-9-19(12-18(15)3-1)16-4-6-17(7-5-16)20-10-11-21-22(13-20)24-14-23-21;1-8(2)9(12-11(15)16-3)10(14)13-6-4-5-7-13;1-5(2)4-7-6(8)9-3;7-5-6-3-1-2-4-6;;/h1,3-14H,2H2,(H,23,24);8-9H,4-7H2,1-3H3,(H,12,15);5H,4H2,1-3H3,(H,7,8);5H,1-4H2;2*1H4. The van der Waals surface area contributed by atoms with Crippen molar-refractivity contribution in [3.63, 3.8) is 0 Å². The third-order valence-electron chi connectivity index (χ3n) is 9.69. The summed E-state index contributed by atoms with van der Waals surface area (Å²) in [6.45, 7) is 12.1. The summed E-state index contributed by atoms with van der Waals surface area (Å²) < 4.78 is 8.87. The Morgan fingerprint density at radius 2 is 1.36 bits per heavy atom. The number of aromatic nitrogens is 2. The van der Waals surface area contributed by atoms with Crippen molar-refractivity contribution in [3.8, 4) is 22.3 Å². The van der Waals surface area contributed by atoms with Crippen LogP contribution in [0.15, 0.2) is 73.1 Å². The molecule has 4 aromatic rings. The van der Waals surface area contributed by atoms with Crippen molar-refractivity contribution in [2.45, 2.75) is 80.7 Å². The van der Waals surface area contributed by atoms with Crippen molar-refractivity contribution in [1.29, 1.82) is 0 Å². The highest BCUT2D eigenvalue weighted by molar-refractivity contribution is 5.86. The summed E-state index contributed by atoms with van der Waals surface area (Å²) in [6, 6.07) is 21.4. The van der Waals surface area contributed by atoms with E-state index in [4.69, 9.17) is 0 Å². The molecule has 316 valence electrons. The van der Waals surface area contributed by atoms with E-state index in [9.17, 15) is 19.2 Å². The van der Waals surface area contributed by atoms with E-state index < -0.39 is 12.1 Å². The van der Waals surface area contributed by atoms with Crippen molar-refractivity contribution >= 4 is 41.6 Å². The van der Waals surface area contributed by atoms with Gasteiger partial charge in [-0.15, -0.1) is 0 Å². The topological polar surface area (TPSA) is 146 Å². The van der Waals surface area contributed by atoms with Gasteiger partial charge < -0.3 is 34.9 Å². The molecule has 4 amide bonds. The minimum Gasteiger partial charge on any atom is -0.453 e. The molecule has 1 aliphatic carbocycles. The van der Waals surface area contributed by atoms with Crippen molar-refractivity contribution < 1.29 is 28.7 Å². The molecule has 2 fully saturated rings. The van der Waals surface area contributed by atoms with Crippen LogP contribution in [-0.4, -0.2) is 97.3 Å². The van der Waals surface area contributed by atoms with Crippen LogP contribution in [0.3, 0.4) is 0 Å². The number of imidazole rings is 1. The zero-order valence-corrected chi connectivity index (χ0v) is 33.7.